The van der Waals surface area contributed by atoms with Gasteiger partial charge in [0.15, 0.2) is 10.8 Å². The molecule has 0 saturated carbocycles. The fourth-order valence-corrected chi connectivity index (χ4v) is 2.61. The summed E-state index contributed by atoms with van der Waals surface area (Å²) in [5.74, 6) is 0.892. The van der Waals surface area contributed by atoms with Gasteiger partial charge < -0.3 is 9.40 Å². The third-order valence-electron chi connectivity index (χ3n) is 3.11. The number of nitrogens with one attached hydrogen (secondary N) is 1. The smallest absolute Gasteiger partial charge is 0.264 e. The van der Waals surface area contributed by atoms with Crippen LogP contribution in [0.15, 0.2) is 57.3 Å². The predicted octanol–water partition coefficient (Wildman–Crippen LogP) is 2.61. The Balaban J connectivity index is 1.72. The Morgan fingerprint density at radius 3 is 2.61 bits per heavy atom. The van der Waals surface area contributed by atoms with Gasteiger partial charge in [0.1, 0.15) is 5.56 Å². The minimum atomic E-state index is -0.353. The van der Waals surface area contributed by atoms with Crippen molar-refractivity contribution >= 4 is 11.3 Å². The number of hydrogen-bond donors (Lipinski definition) is 1. The van der Waals surface area contributed by atoms with Gasteiger partial charge in [-0.3, -0.25) is 4.79 Å². The molecule has 3 heterocycles. The van der Waals surface area contributed by atoms with E-state index in [4.69, 9.17) is 4.42 Å². The van der Waals surface area contributed by atoms with Crippen molar-refractivity contribution in [1.29, 1.82) is 0 Å². The van der Waals surface area contributed by atoms with Crippen molar-refractivity contribution in [2.75, 3.05) is 0 Å². The first-order valence-corrected chi connectivity index (χ1v) is 7.58. The highest BCUT2D eigenvalue weighted by molar-refractivity contribution is 7.12. The average molecular weight is 323 g/mol. The molecule has 3 aromatic heterocycles. The zero-order chi connectivity index (χ0) is 15.6. The van der Waals surface area contributed by atoms with Gasteiger partial charge in [-0.05, 0) is 12.1 Å². The van der Waals surface area contributed by atoms with Gasteiger partial charge in [0.2, 0.25) is 5.89 Å². The summed E-state index contributed by atoms with van der Waals surface area (Å²) in [4.78, 5) is 23.2. The predicted molar refractivity (Wildman–Crippen MR) is 84.7 cm³/mol. The number of H-pyrrole nitrogens is 1. The Hall–Kier alpha value is -3.13. The van der Waals surface area contributed by atoms with Crippen LogP contribution < -0.4 is 5.56 Å². The fourth-order valence-electron chi connectivity index (χ4n) is 2.03. The summed E-state index contributed by atoms with van der Waals surface area (Å²) in [5, 5.41) is 10.4. The molecular formula is C15H9N5O2S. The molecule has 0 spiro atoms. The molecule has 1 N–H and O–H groups in total. The van der Waals surface area contributed by atoms with Gasteiger partial charge in [0.05, 0.1) is 0 Å². The van der Waals surface area contributed by atoms with Crippen molar-refractivity contribution in [1.82, 2.24) is 25.1 Å². The van der Waals surface area contributed by atoms with Crippen LogP contribution >= 0.6 is 11.3 Å². The molecule has 0 aliphatic rings. The molecule has 0 amide bonds. The number of rotatable bonds is 3. The Bertz CT molecular complexity index is 992. The molecule has 0 atom stereocenters. The van der Waals surface area contributed by atoms with E-state index in [0.717, 1.165) is 5.56 Å². The van der Waals surface area contributed by atoms with Crippen LogP contribution in [0.2, 0.25) is 0 Å². The van der Waals surface area contributed by atoms with Crippen molar-refractivity contribution in [2.45, 2.75) is 0 Å². The number of hydrogen-bond acceptors (Lipinski definition) is 7. The third kappa shape index (κ3) is 2.55. The summed E-state index contributed by atoms with van der Waals surface area (Å²) >= 11 is 1.39. The van der Waals surface area contributed by atoms with E-state index < -0.39 is 0 Å². The first-order valence-electron chi connectivity index (χ1n) is 6.70. The standard InChI is InChI=1S/C15H9N5O2S/c21-12-10(8-17-11(18-12)15-16-6-7-23-15)14-20-19-13(22-14)9-4-2-1-3-5-9/h1-8H,(H,17,18,21). The Kier molecular flexibility index (Phi) is 3.28. The van der Waals surface area contributed by atoms with Gasteiger partial charge in [-0.25, -0.2) is 9.97 Å². The molecule has 0 saturated heterocycles. The summed E-state index contributed by atoms with van der Waals surface area (Å²) in [7, 11) is 0. The van der Waals surface area contributed by atoms with E-state index in [1.807, 2.05) is 35.7 Å². The van der Waals surface area contributed by atoms with Crippen molar-refractivity contribution in [3.05, 3.63) is 58.5 Å². The zero-order valence-electron chi connectivity index (χ0n) is 11.6. The van der Waals surface area contributed by atoms with E-state index >= 15 is 0 Å². The van der Waals surface area contributed by atoms with Crippen molar-refractivity contribution in [2.24, 2.45) is 0 Å². The highest BCUT2D eigenvalue weighted by Gasteiger charge is 2.15. The van der Waals surface area contributed by atoms with Crippen LogP contribution in [0.1, 0.15) is 0 Å². The number of aromatic nitrogens is 5. The van der Waals surface area contributed by atoms with Crippen molar-refractivity contribution < 1.29 is 4.42 Å². The van der Waals surface area contributed by atoms with Gasteiger partial charge in [-0.15, -0.1) is 21.5 Å². The lowest BCUT2D eigenvalue weighted by molar-refractivity contribution is 0.583. The molecule has 1 aromatic carbocycles. The monoisotopic (exact) mass is 323 g/mol. The molecule has 0 fully saturated rings. The van der Waals surface area contributed by atoms with Crippen LogP contribution in [-0.4, -0.2) is 25.1 Å². The summed E-state index contributed by atoms with van der Waals surface area (Å²) in [5.41, 5.74) is 0.656. The van der Waals surface area contributed by atoms with Crippen LogP contribution in [0, 0.1) is 0 Å². The first kappa shape index (κ1) is 13.5. The molecule has 4 rings (SSSR count). The molecular weight excluding hydrogens is 314 g/mol. The Labute approximate surface area is 133 Å². The maximum atomic E-state index is 12.2. The first-order chi connectivity index (χ1) is 11.3. The van der Waals surface area contributed by atoms with Crippen LogP contribution in [0.4, 0.5) is 0 Å². The highest BCUT2D eigenvalue weighted by atomic mass is 32.1. The quantitative estimate of drug-likeness (QED) is 0.622. The second kappa shape index (κ2) is 5.58. The minimum Gasteiger partial charge on any atom is -0.416 e. The summed E-state index contributed by atoms with van der Waals surface area (Å²) in [6.07, 6.45) is 3.07. The van der Waals surface area contributed by atoms with Crippen LogP contribution in [0.25, 0.3) is 33.7 Å². The van der Waals surface area contributed by atoms with Gasteiger partial charge in [-0.1, -0.05) is 18.2 Å². The van der Waals surface area contributed by atoms with E-state index in [-0.39, 0.29) is 17.0 Å². The maximum absolute atomic E-state index is 12.2. The van der Waals surface area contributed by atoms with Gasteiger partial charge in [-0.2, -0.15) is 0 Å². The Morgan fingerprint density at radius 1 is 1.04 bits per heavy atom. The van der Waals surface area contributed by atoms with Crippen LogP contribution in [-0.2, 0) is 0 Å². The molecule has 112 valence electrons. The molecule has 23 heavy (non-hydrogen) atoms. The van der Waals surface area contributed by atoms with E-state index in [9.17, 15) is 4.79 Å². The van der Waals surface area contributed by atoms with Crippen LogP contribution in [0.3, 0.4) is 0 Å². The molecule has 0 unspecified atom stereocenters. The molecule has 0 bridgehead atoms. The molecule has 8 heteroatoms. The number of thiazole rings is 1. The normalized spacial score (nSPS) is 10.8. The molecule has 0 radical (unpaired) electrons. The second-order valence-electron chi connectivity index (χ2n) is 4.59. The summed E-state index contributed by atoms with van der Waals surface area (Å²) in [6, 6.07) is 9.34. The molecule has 7 nitrogen and oxygen atoms in total. The van der Waals surface area contributed by atoms with Gasteiger partial charge >= 0.3 is 0 Å². The highest BCUT2D eigenvalue weighted by Crippen LogP contribution is 2.22. The Morgan fingerprint density at radius 2 is 1.87 bits per heavy atom. The lowest BCUT2D eigenvalue weighted by Gasteiger charge is -1.97. The average Bonchev–Trinajstić information content (AvgIpc) is 3.27. The van der Waals surface area contributed by atoms with E-state index in [2.05, 4.69) is 25.1 Å². The van der Waals surface area contributed by atoms with Gasteiger partial charge in [0.25, 0.3) is 11.4 Å². The number of nitrogens with zero attached hydrogens (tertiary/aromatic N) is 4. The summed E-state index contributed by atoms with van der Waals surface area (Å²) < 4.78 is 5.57. The molecule has 4 aromatic rings. The minimum absolute atomic E-state index is 0.128. The van der Waals surface area contributed by atoms with E-state index in [1.54, 1.807) is 6.20 Å². The molecule has 0 aliphatic heterocycles. The third-order valence-corrected chi connectivity index (χ3v) is 3.89. The lowest BCUT2D eigenvalue weighted by atomic mass is 10.2. The maximum Gasteiger partial charge on any atom is 0.264 e. The lowest BCUT2D eigenvalue weighted by Crippen LogP contribution is -2.11. The largest absolute Gasteiger partial charge is 0.416 e. The SMILES string of the molecule is O=c1[nH]c(-c2nccs2)ncc1-c1nnc(-c2ccccc2)o1. The van der Waals surface area contributed by atoms with Crippen LogP contribution in [0.5, 0.6) is 0 Å². The number of aromatic amines is 1. The topological polar surface area (TPSA) is 97.6 Å². The number of benzene rings is 1. The fraction of sp³-hybridized carbons (Fsp3) is 0. The molecule has 0 aliphatic carbocycles. The summed E-state index contributed by atoms with van der Waals surface area (Å²) in [6.45, 7) is 0. The zero-order valence-corrected chi connectivity index (χ0v) is 12.4. The second-order valence-corrected chi connectivity index (χ2v) is 5.48. The van der Waals surface area contributed by atoms with E-state index in [1.165, 1.54) is 17.5 Å². The van der Waals surface area contributed by atoms with Gasteiger partial charge in [0, 0.05) is 23.3 Å². The van der Waals surface area contributed by atoms with Crippen molar-refractivity contribution in [3.63, 3.8) is 0 Å². The van der Waals surface area contributed by atoms with Crippen molar-refractivity contribution in [3.8, 4) is 33.7 Å². The van der Waals surface area contributed by atoms with E-state index in [0.29, 0.717) is 16.7 Å².